The molecule has 26 heavy (non-hydrogen) atoms. The monoisotopic (exact) mass is 357 g/mol. The summed E-state index contributed by atoms with van der Waals surface area (Å²) in [5, 5.41) is 0.0560. The van der Waals surface area contributed by atoms with Crippen molar-refractivity contribution in [2.45, 2.75) is 56.8 Å². The van der Waals surface area contributed by atoms with Crippen LogP contribution in [-0.2, 0) is 6.54 Å². The Morgan fingerprint density at radius 2 is 1.85 bits per heavy atom. The van der Waals surface area contributed by atoms with E-state index in [1.165, 1.54) is 5.56 Å². The maximum absolute atomic E-state index is 15.1. The average Bonchev–Trinajstić information content (AvgIpc) is 2.75. The molecule has 2 fully saturated rings. The van der Waals surface area contributed by atoms with Gasteiger partial charge in [-0.1, -0.05) is 30.3 Å². The summed E-state index contributed by atoms with van der Waals surface area (Å²) in [5.41, 5.74) is 1.37. The smallest absolute Gasteiger partial charge is 0.128 e. The third kappa shape index (κ3) is 4.71. The number of rotatable bonds is 4. The van der Waals surface area contributed by atoms with Crippen molar-refractivity contribution in [1.29, 1.82) is 0 Å². The summed E-state index contributed by atoms with van der Waals surface area (Å²) < 4.78 is 15.1. The van der Waals surface area contributed by atoms with E-state index in [2.05, 4.69) is 74.6 Å². The highest BCUT2D eigenvalue weighted by Gasteiger charge is 2.41. The first-order valence-electron chi connectivity index (χ1n) is 10.3. The van der Waals surface area contributed by atoms with Gasteiger partial charge in [-0.15, -0.1) is 0 Å². The Bertz CT molecular complexity index is 569. The van der Waals surface area contributed by atoms with Crippen LogP contribution in [0.1, 0.15) is 32.3 Å². The van der Waals surface area contributed by atoms with Crippen LogP contribution < -0.4 is 0 Å². The second-order valence-electron chi connectivity index (χ2n) is 8.98. The molecular weight excluding hydrogens is 323 g/mol. The minimum absolute atomic E-state index is 0.0560. The highest BCUT2D eigenvalue weighted by atomic mass is 19.1. The summed E-state index contributed by atoms with van der Waals surface area (Å²) in [6.45, 7) is 10.0. The van der Waals surface area contributed by atoms with Crippen molar-refractivity contribution in [1.82, 2.24) is 14.7 Å². The molecule has 0 aromatic heterocycles. The van der Waals surface area contributed by atoms with Crippen molar-refractivity contribution in [2.24, 2.45) is 0 Å². The van der Waals surface area contributed by atoms with Crippen LogP contribution in [-0.4, -0.2) is 86.7 Å². The molecule has 2 heterocycles. The van der Waals surface area contributed by atoms with Crippen LogP contribution in [0.2, 0.25) is 0 Å². The molecule has 2 unspecified atom stereocenters. The number of likely N-dealkylation sites (tertiary alicyclic amines) is 1. The summed E-state index contributed by atoms with van der Waals surface area (Å²) in [6, 6.07) is 11.2. The predicted octanol–water partition coefficient (Wildman–Crippen LogP) is 0.935. The fourth-order valence-corrected chi connectivity index (χ4v) is 4.59. The Morgan fingerprint density at radius 1 is 1.12 bits per heavy atom. The van der Waals surface area contributed by atoms with E-state index >= 15 is 4.39 Å². The van der Waals surface area contributed by atoms with Crippen LogP contribution in [0.5, 0.6) is 0 Å². The number of hydrogen-bond acceptors (Lipinski definition) is 3. The standard InChI is InChI=1S/C20H34B2FN3/c1-16(2)25-10-8-19(18(23)15-25)26-13-12-24(11-9-20(26,21)22)14-17-6-4-3-5-7-17/h3-7,16,18-19H,8-15,21-22H2,1-2H3. The van der Waals surface area contributed by atoms with Gasteiger partial charge in [-0.3, -0.25) is 9.80 Å². The molecule has 0 bridgehead atoms. The Balaban J connectivity index is 1.64. The van der Waals surface area contributed by atoms with Gasteiger partial charge >= 0.3 is 0 Å². The van der Waals surface area contributed by atoms with Gasteiger partial charge in [-0.25, -0.2) is 4.39 Å². The summed E-state index contributed by atoms with van der Waals surface area (Å²) >= 11 is 0. The van der Waals surface area contributed by atoms with Gasteiger partial charge in [0.2, 0.25) is 0 Å². The van der Waals surface area contributed by atoms with Gasteiger partial charge in [0, 0.05) is 44.8 Å². The molecule has 0 aliphatic carbocycles. The molecule has 0 spiro atoms. The molecule has 6 heteroatoms. The van der Waals surface area contributed by atoms with E-state index in [0.717, 1.165) is 45.6 Å². The summed E-state index contributed by atoms with van der Waals surface area (Å²) in [6.07, 6.45) is 1.30. The van der Waals surface area contributed by atoms with Gasteiger partial charge in [0.25, 0.3) is 0 Å². The first kappa shape index (κ1) is 19.9. The third-order valence-electron chi connectivity index (χ3n) is 6.39. The van der Waals surface area contributed by atoms with E-state index < -0.39 is 6.17 Å². The highest BCUT2D eigenvalue weighted by molar-refractivity contribution is 6.40. The number of nitrogens with zero attached hydrogens (tertiary/aromatic N) is 3. The molecule has 3 nitrogen and oxygen atoms in total. The molecule has 2 aliphatic rings. The molecule has 0 N–H and O–H groups in total. The zero-order chi connectivity index (χ0) is 18.7. The number of halogens is 1. The molecule has 2 aliphatic heterocycles. The fraction of sp³-hybridized carbons (Fsp3) is 0.700. The lowest BCUT2D eigenvalue weighted by atomic mass is 9.58. The van der Waals surface area contributed by atoms with Crippen LogP contribution >= 0.6 is 0 Å². The van der Waals surface area contributed by atoms with E-state index in [4.69, 9.17) is 0 Å². The zero-order valence-electron chi connectivity index (χ0n) is 17.0. The number of piperidine rings is 1. The van der Waals surface area contributed by atoms with Crippen LogP contribution in [0.25, 0.3) is 0 Å². The Labute approximate surface area is 160 Å². The van der Waals surface area contributed by atoms with E-state index in [9.17, 15) is 0 Å². The fourth-order valence-electron chi connectivity index (χ4n) is 4.59. The van der Waals surface area contributed by atoms with Crippen molar-refractivity contribution >= 4 is 15.7 Å². The second kappa shape index (κ2) is 8.45. The summed E-state index contributed by atoms with van der Waals surface area (Å²) in [7, 11) is 4.61. The quantitative estimate of drug-likeness (QED) is 0.743. The number of alkyl halides is 1. The number of benzene rings is 1. The van der Waals surface area contributed by atoms with Gasteiger partial charge < -0.3 is 4.90 Å². The molecule has 1 aromatic carbocycles. The van der Waals surface area contributed by atoms with Gasteiger partial charge in [-0.2, -0.15) is 0 Å². The van der Waals surface area contributed by atoms with Gasteiger partial charge in [0.15, 0.2) is 0 Å². The largest absolute Gasteiger partial charge is 0.306 e. The van der Waals surface area contributed by atoms with E-state index in [0.29, 0.717) is 12.6 Å². The topological polar surface area (TPSA) is 9.72 Å². The third-order valence-corrected chi connectivity index (χ3v) is 6.39. The van der Waals surface area contributed by atoms with Crippen molar-refractivity contribution in [2.75, 3.05) is 32.7 Å². The van der Waals surface area contributed by atoms with Crippen LogP contribution in [0.4, 0.5) is 4.39 Å². The van der Waals surface area contributed by atoms with Crippen LogP contribution in [0.15, 0.2) is 30.3 Å². The normalized spacial score (nSPS) is 28.9. The predicted molar refractivity (Wildman–Crippen MR) is 113 cm³/mol. The molecule has 0 radical (unpaired) electrons. The number of hydrogen-bond donors (Lipinski definition) is 0. The Morgan fingerprint density at radius 3 is 2.50 bits per heavy atom. The Kier molecular flexibility index (Phi) is 6.47. The van der Waals surface area contributed by atoms with Gasteiger partial charge in [0.1, 0.15) is 21.9 Å². The maximum atomic E-state index is 15.1. The lowest BCUT2D eigenvalue weighted by Gasteiger charge is -2.48. The van der Waals surface area contributed by atoms with Crippen LogP contribution in [0, 0.1) is 0 Å². The molecule has 2 saturated heterocycles. The van der Waals surface area contributed by atoms with Crippen molar-refractivity contribution in [3.05, 3.63) is 35.9 Å². The van der Waals surface area contributed by atoms with Crippen LogP contribution in [0.3, 0.4) is 0 Å². The lowest BCUT2D eigenvalue weighted by molar-refractivity contribution is 0.0105. The first-order valence-corrected chi connectivity index (χ1v) is 10.3. The molecule has 0 amide bonds. The molecule has 142 valence electrons. The maximum Gasteiger partial charge on any atom is 0.128 e. The van der Waals surface area contributed by atoms with Gasteiger partial charge in [-0.05, 0) is 44.1 Å². The van der Waals surface area contributed by atoms with E-state index in [1.807, 2.05) is 0 Å². The minimum Gasteiger partial charge on any atom is -0.306 e. The summed E-state index contributed by atoms with van der Waals surface area (Å²) in [4.78, 5) is 7.31. The SMILES string of the molecule is BC1(B)CCN(Cc2ccccc2)CCN1C1CCN(C(C)C)CC1F. The van der Waals surface area contributed by atoms with Crippen molar-refractivity contribution < 1.29 is 4.39 Å². The molecule has 0 saturated carbocycles. The first-order chi connectivity index (χ1) is 12.4. The minimum atomic E-state index is -0.744. The molecule has 2 atom stereocenters. The lowest BCUT2D eigenvalue weighted by Crippen LogP contribution is -2.62. The highest BCUT2D eigenvalue weighted by Crippen LogP contribution is 2.28. The molecule has 3 rings (SSSR count). The van der Waals surface area contributed by atoms with E-state index in [-0.39, 0.29) is 11.4 Å². The Hall–Kier alpha value is -0.840. The molecule has 1 aromatic rings. The average molecular weight is 357 g/mol. The molecular formula is C20H34B2FN3. The van der Waals surface area contributed by atoms with Crippen molar-refractivity contribution in [3.63, 3.8) is 0 Å². The summed E-state index contributed by atoms with van der Waals surface area (Å²) in [5.74, 6) is 0. The second-order valence-corrected chi connectivity index (χ2v) is 8.98. The van der Waals surface area contributed by atoms with Crippen molar-refractivity contribution in [3.8, 4) is 0 Å². The zero-order valence-corrected chi connectivity index (χ0v) is 17.0. The van der Waals surface area contributed by atoms with E-state index in [1.54, 1.807) is 0 Å². The van der Waals surface area contributed by atoms with Gasteiger partial charge in [0.05, 0.1) is 0 Å².